The first-order chi connectivity index (χ1) is 10.7. The fraction of sp³-hybridized carbons (Fsp3) is 0. The van der Waals surface area contributed by atoms with Crippen LogP contribution >= 0.6 is 0 Å². The van der Waals surface area contributed by atoms with Crippen LogP contribution in [-0.2, 0) is 0 Å². The molecule has 0 radical (unpaired) electrons. The number of aromatic nitrogens is 2. The molecule has 0 aliphatic carbocycles. The summed E-state index contributed by atoms with van der Waals surface area (Å²) in [5.41, 5.74) is 1.97. The molecule has 0 saturated heterocycles. The average Bonchev–Trinajstić information content (AvgIpc) is 3.10. The third-order valence-electron chi connectivity index (χ3n) is 2.73. The molecule has 1 aromatic heterocycles. The van der Waals surface area contributed by atoms with Gasteiger partial charge >= 0.3 is 0 Å². The quantitative estimate of drug-likeness (QED) is 0.689. The van der Waals surface area contributed by atoms with Crippen LogP contribution in [0.2, 0.25) is 0 Å². The molecule has 1 heterocycles. The summed E-state index contributed by atoms with van der Waals surface area (Å²) in [5, 5.41) is 16.9. The number of rotatable bonds is 1. The van der Waals surface area contributed by atoms with Crippen LogP contribution in [0.4, 0.5) is 4.39 Å². The lowest BCUT2D eigenvalue weighted by atomic mass is 10.2. The highest BCUT2D eigenvalue weighted by atomic mass is 19.1. The van der Waals surface area contributed by atoms with Gasteiger partial charge < -0.3 is 4.57 Å². The van der Waals surface area contributed by atoms with Crippen molar-refractivity contribution >= 4 is 0 Å². The standard InChI is InChI=1S/C10H7N3.C7H4FN/c11-7-9-2-1-3-10(6-9)13-5-4-12-8-13;8-7-3-1-2-6(4-7)5-9/h1-6,8H;1-4H. The molecule has 0 bridgehead atoms. The van der Waals surface area contributed by atoms with Gasteiger partial charge in [-0.3, -0.25) is 0 Å². The Kier molecular flexibility index (Phi) is 5.01. The number of benzene rings is 2. The van der Waals surface area contributed by atoms with Crippen molar-refractivity contribution in [2.45, 2.75) is 0 Å². The van der Waals surface area contributed by atoms with Gasteiger partial charge in [0.25, 0.3) is 0 Å². The summed E-state index contributed by atoms with van der Waals surface area (Å²) in [6.07, 6.45) is 5.26. The highest BCUT2D eigenvalue weighted by molar-refractivity contribution is 5.41. The van der Waals surface area contributed by atoms with Crippen molar-refractivity contribution in [3.8, 4) is 17.8 Å². The lowest BCUT2D eigenvalue weighted by Gasteiger charge is -2.00. The highest BCUT2D eigenvalue weighted by Gasteiger charge is 1.95. The van der Waals surface area contributed by atoms with Gasteiger partial charge in [0.2, 0.25) is 0 Å². The van der Waals surface area contributed by atoms with E-state index in [9.17, 15) is 4.39 Å². The molecule has 3 aromatic rings. The zero-order valence-corrected chi connectivity index (χ0v) is 11.5. The van der Waals surface area contributed by atoms with E-state index < -0.39 is 0 Å². The third kappa shape index (κ3) is 4.03. The molecule has 0 aliphatic rings. The van der Waals surface area contributed by atoms with E-state index >= 15 is 0 Å². The second kappa shape index (κ2) is 7.37. The topological polar surface area (TPSA) is 65.4 Å². The van der Waals surface area contributed by atoms with E-state index in [1.54, 1.807) is 24.7 Å². The third-order valence-corrected chi connectivity index (χ3v) is 2.73. The Hall–Kier alpha value is -3.44. The Morgan fingerprint density at radius 2 is 1.64 bits per heavy atom. The molecular formula is C17H11FN4. The monoisotopic (exact) mass is 290 g/mol. The van der Waals surface area contributed by atoms with Gasteiger partial charge in [0, 0.05) is 18.1 Å². The Morgan fingerprint density at radius 1 is 0.955 bits per heavy atom. The van der Waals surface area contributed by atoms with E-state index in [-0.39, 0.29) is 5.82 Å². The fourth-order valence-electron chi connectivity index (χ4n) is 1.71. The van der Waals surface area contributed by atoms with Crippen molar-refractivity contribution in [1.82, 2.24) is 9.55 Å². The molecular weight excluding hydrogens is 279 g/mol. The Morgan fingerprint density at radius 3 is 2.18 bits per heavy atom. The zero-order valence-electron chi connectivity index (χ0n) is 11.5. The van der Waals surface area contributed by atoms with Crippen LogP contribution in [0, 0.1) is 28.5 Å². The minimum atomic E-state index is -0.367. The van der Waals surface area contributed by atoms with Crippen LogP contribution in [0.3, 0.4) is 0 Å². The zero-order chi connectivity index (χ0) is 15.8. The first-order valence-electron chi connectivity index (χ1n) is 6.37. The van der Waals surface area contributed by atoms with Crippen molar-refractivity contribution < 1.29 is 4.39 Å². The highest BCUT2D eigenvalue weighted by Crippen LogP contribution is 2.08. The molecule has 106 valence electrons. The number of nitrogens with zero attached hydrogens (tertiary/aromatic N) is 4. The molecule has 0 spiro atoms. The van der Waals surface area contributed by atoms with Gasteiger partial charge in [-0.15, -0.1) is 0 Å². The molecule has 0 amide bonds. The molecule has 0 N–H and O–H groups in total. The van der Waals surface area contributed by atoms with E-state index in [2.05, 4.69) is 11.1 Å². The summed E-state index contributed by atoms with van der Waals surface area (Å²) in [7, 11) is 0. The van der Waals surface area contributed by atoms with Crippen LogP contribution in [-0.4, -0.2) is 9.55 Å². The van der Waals surface area contributed by atoms with Crippen molar-refractivity contribution in [2.75, 3.05) is 0 Å². The van der Waals surface area contributed by atoms with E-state index in [1.807, 2.05) is 35.0 Å². The van der Waals surface area contributed by atoms with E-state index in [0.717, 1.165) is 5.69 Å². The molecule has 5 heteroatoms. The lowest BCUT2D eigenvalue weighted by Crippen LogP contribution is -1.89. The second-order valence-corrected chi connectivity index (χ2v) is 4.25. The molecule has 0 atom stereocenters. The van der Waals surface area contributed by atoms with E-state index in [4.69, 9.17) is 10.5 Å². The van der Waals surface area contributed by atoms with E-state index in [1.165, 1.54) is 18.2 Å². The largest absolute Gasteiger partial charge is 0.306 e. The van der Waals surface area contributed by atoms with Crippen LogP contribution < -0.4 is 0 Å². The summed E-state index contributed by atoms with van der Waals surface area (Å²) < 4.78 is 14.1. The maximum absolute atomic E-state index is 12.2. The molecule has 0 unspecified atom stereocenters. The first-order valence-corrected chi connectivity index (χ1v) is 6.37. The van der Waals surface area contributed by atoms with Gasteiger partial charge in [-0.25, -0.2) is 9.37 Å². The average molecular weight is 290 g/mol. The summed E-state index contributed by atoms with van der Waals surface area (Å²) in [6, 6.07) is 16.9. The van der Waals surface area contributed by atoms with Crippen LogP contribution in [0.1, 0.15) is 11.1 Å². The van der Waals surface area contributed by atoms with Gasteiger partial charge in [0.1, 0.15) is 5.82 Å². The molecule has 2 aromatic carbocycles. The minimum absolute atomic E-state index is 0.356. The summed E-state index contributed by atoms with van der Waals surface area (Å²) >= 11 is 0. The Bertz CT molecular complexity index is 826. The van der Waals surface area contributed by atoms with Crippen molar-refractivity contribution in [1.29, 1.82) is 10.5 Å². The van der Waals surface area contributed by atoms with Crippen molar-refractivity contribution in [3.05, 3.63) is 84.2 Å². The molecule has 0 aliphatic heterocycles. The van der Waals surface area contributed by atoms with Crippen LogP contribution in [0.15, 0.2) is 67.3 Å². The lowest BCUT2D eigenvalue weighted by molar-refractivity contribution is 0.627. The SMILES string of the molecule is N#Cc1cccc(-n2ccnc2)c1.N#Cc1cccc(F)c1. The summed E-state index contributed by atoms with van der Waals surface area (Å²) in [6.45, 7) is 0. The minimum Gasteiger partial charge on any atom is -0.306 e. The normalized spacial score (nSPS) is 9.05. The van der Waals surface area contributed by atoms with Crippen molar-refractivity contribution in [3.63, 3.8) is 0 Å². The second-order valence-electron chi connectivity index (χ2n) is 4.25. The summed E-state index contributed by atoms with van der Waals surface area (Å²) in [4.78, 5) is 3.93. The number of hydrogen-bond acceptors (Lipinski definition) is 3. The maximum atomic E-state index is 12.2. The van der Waals surface area contributed by atoms with Gasteiger partial charge in [-0.1, -0.05) is 12.1 Å². The Labute approximate surface area is 127 Å². The predicted molar refractivity (Wildman–Crippen MR) is 79.4 cm³/mol. The maximum Gasteiger partial charge on any atom is 0.124 e. The van der Waals surface area contributed by atoms with Crippen LogP contribution in [0.25, 0.3) is 5.69 Å². The number of nitriles is 2. The smallest absolute Gasteiger partial charge is 0.124 e. The molecule has 3 rings (SSSR count). The number of halogens is 1. The van der Waals surface area contributed by atoms with Gasteiger partial charge in [-0.05, 0) is 36.4 Å². The van der Waals surface area contributed by atoms with Crippen LogP contribution in [0.5, 0.6) is 0 Å². The van der Waals surface area contributed by atoms with Gasteiger partial charge in [-0.2, -0.15) is 10.5 Å². The summed E-state index contributed by atoms with van der Waals surface area (Å²) in [5.74, 6) is -0.367. The van der Waals surface area contributed by atoms with E-state index in [0.29, 0.717) is 11.1 Å². The van der Waals surface area contributed by atoms with Gasteiger partial charge in [0.15, 0.2) is 0 Å². The molecule has 0 saturated carbocycles. The molecule has 0 fully saturated rings. The first kappa shape index (κ1) is 15.0. The number of imidazole rings is 1. The fourth-order valence-corrected chi connectivity index (χ4v) is 1.71. The Balaban J connectivity index is 0.000000172. The predicted octanol–water partition coefficient (Wildman–Crippen LogP) is 3.44. The number of hydrogen-bond donors (Lipinski definition) is 0. The molecule has 4 nitrogen and oxygen atoms in total. The molecule has 22 heavy (non-hydrogen) atoms. The van der Waals surface area contributed by atoms with Gasteiger partial charge in [0.05, 0.1) is 29.6 Å². The van der Waals surface area contributed by atoms with Crippen molar-refractivity contribution in [2.24, 2.45) is 0 Å².